The summed E-state index contributed by atoms with van der Waals surface area (Å²) in [6.45, 7) is 11.7. The van der Waals surface area contributed by atoms with Gasteiger partial charge in [-0.15, -0.1) is 0 Å². The quantitative estimate of drug-likeness (QED) is 0.841. The van der Waals surface area contributed by atoms with Gasteiger partial charge in [-0.3, -0.25) is 14.7 Å². The molecule has 4 rings (SSSR count). The van der Waals surface area contributed by atoms with Gasteiger partial charge in [-0.25, -0.2) is 0 Å². The van der Waals surface area contributed by atoms with Crippen LogP contribution in [0.5, 0.6) is 0 Å². The molecule has 1 N–H and O–H groups in total. The minimum Gasteiger partial charge on any atom is -0.392 e. The van der Waals surface area contributed by atoms with Gasteiger partial charge >= 0.3 is 0 Å². The van der Waals surface area contributed by atoms with E-state index in [1.165, 1.54) is 52.0 Å². The van der Waals surface area contributed by atoms with E-state index in [1.807, 2.05) is 0 Å². The van der Waals surface area contributed by atoms with Crippen LogP contribution in [0.15, 0.2) is 0 Å². The molecule has 3 saturated heterocycles. The largest absolute Gasteiger partial charge is 0.392 e. The molecule has 2 atom stereocenters. The average molecular weight is 293 g/mol. The van der Waals surface area contributed by atoms with E-state index in [9.17, 15) is 5.11 Å². The molecule has 4 heteroatoms. The van der Waals surface area contributed by atoms with Crippen LogP contribution in [0, 0.1) is 5.92 Å². The van der Waals surface area contributed by atoms with Gasteiger partial charge in [0.05, 0.1) is 11.6 Å². The first-order chi connectivity index (χ1) is 10.1. The van der Waals surface area contributed by atoms with E-state index in [4.69, 9.17) is 0 Å². The zero-order chi connectivity index (χ0) is 14.6. The van der Waals surface area contributed by atoms with Gasteiger partial charge in [0, 0.05) is 51.4 Å². The molecule has 3 aliphatic heterocycles. The molecule has 0 radical (unpaired) electrons. The van der Waals surface area contributed by atoms with Crippen LogP contribution in [0.1, 0.15) is 39.5 Å². The number of fused-ring (bicyclic) bond motifs is 2. The first-order valence-electron chi connectivity index (χ1n) is 8.97. The molecule has 1 saturated carbocycles. The van der Waals surface area contributed by atoms with Crippen LogP contribution < -0.4 is 0 Å². The highest BCUT2D eigenvalue weighted by atomic mass is 16.3. The van der Waals surface area contributed by atoms with Crippen LogP contribution >= 0.6 is 0 Å². The second-order valence-corrected chi connectivity index (χ2v) is 8.50. The van der Waals surface area contributed by atoms with Crippen LogP contribution in [0.25, 0.3) is 0 Å². The highest BCUT2D eigenvalue weighted by molar-refractivity contribution is 5.14. The van der Waals surface area contributed by atoms with Crippen molar-refractivity contribution in [1.29, 1.82) is 0 Å². The summed E-state index contributed by atoms with van der Waals surface area (Å²) in [6, 6.07) is 1.47. The molecular formula is C17H31N3O. The normalized spacial score (nSPS) is 37.7. The zero-order valence-electron chi connectivity index (χ0n) is 13.7. The Morgan fingerprint density at radius 1 is 1.10 bits per heavy atom. The fourth-order valence-electron chi connectivity index (χ4n) is 5.17. The van der Waals surface area contributed by atoms with Gasteiger partial charge in [-0.2, -0.15) is 0 Å². The lowest BCUT2D eigenvalue weighted by Gasteiger charge is -2.63. The van der Waals surface area contributed by atoms with Crippen molar-refractivity contribution in [2.75, 3.05) is 39.3 Å². The summed E-state index contributed by atoms with van der Waals surface area (Å²) in [5, 5.41) is 10.1. The second-order valence-electron chi connectivity index (χ2n) is 8.50. The third-order valence-electron chi connectivity index (χ3n) is 6.20. The Labute approximate surface area is 129 Å². The number of piperazine rings is 1. The SMILES string of the molecule is CC(C)CN1C[C@H]2C[C@@H](O)CN2C2(C1)CN(C1CCC1)C2. The summed E-state index contributed by atoms with van der Waals surface area (Å²) in [7, 11) is 0. The molecule has 1 aliphatic carbocycles. The number of hydrogen-bond donors (Lipinski definition) is 1. The number of rotatable bonds is 3. The van der Waals surface area contributed by atoms with Gasteiger partial charge in [0.25, 0.3) is 0 Å². The third kappa shape index (κ3) is 2.44. The molecule has 3 heterocycles. The van der Waals surface area contributed by atoms with Gasteiger partial charge in [0.2, 0.25) is 0 Å². The van der Waals surface area contributed by atoms with Gasteiger partial charge in [-0.1, -0.05) is 20.3 Å². The first-order valence-corrected chi connectivity index (χ1v) is 8.97. The number of aliphatic hydroxyl groups is 1. The lowest BCUT2D eigenvalue weighted by atomic mass is 9.79. The first kappa shape index (κ1) is 14.4. The van der Waals surface area contributed by atoms with Crippen LogP contribution in [-0.4, -0.2) is 82.8 Å². The van der Waals surface area contributed by atoms with E-state index in [0.717, 1.165) is 24.9 Å². The zero-order valence-corrected chi connectivity index (χ0v) is 13.7. The minimum atomic E-state index is -0.0939. The lowest BCUT2D eigenvalue weighted by molar-refractivity contribution is -0.136. The van der Waals surface area contributed by atoms with Crippen LogP contribution in [0.3, 0.4) is 0 Å². The Kier molecular flexibility index (Phi) is 3.57. The summed E-state index contributed by atoms with van der Waals surface area (Å²) >= 11 is 0. The van der Waals surface area contributed by atoms with Gasteiger partial charge in [-0.05, 0) is 25.2 Å². The van der Waals surface area contributed by atoms with Crippen molar-refractivity contribution in [1.82, 2.24) is 14.7 Å². The predicted octanol–water partition coefficient (Wildman–Crippen LogP) is 1.00. The molecule has 0 amide bonds. The molecular weight excluding hydrogens is 262 g/mol. The Bertz CT molecular complexity index is 389. The number of β-amino-alcohol motifs (C(OH)–C–C–N with tert-alkyl or cyclic N) is 1. The van der Waals surface area contributed by atoms with Gasteiger partial charge in [0.1, 0.15) is 0 Å². The smallest absolute Gasteiger partial charge is 0.0682 e. The van der Waals surface area contributed by atoms with Crippen molar-refractivity contribution < 1.29 is 5.11 Å². The van der Waals surface area contributed by atoms with Crippen molar-refractivity contribution >= 4 is 0 Å². The monoisotopic (exact) mass is 293 g/mol. The topological polar surface area (TPSA) is 30.0 Å². The number of hydrogen-bond acceptors (Lipinski definition) is 4. The fourth-order valence-corrected chi connectivity index (χ4v) is 5.17. The summed E-state index contributed by atoms with van der Waals surface area (Å²) in [5.74, 6) is 0.739. The van der Waals surface area contributed by atoms with Crippen molar-refractivity contribution in [3.8, 4) is 0 Å². The Morgan fingerprint density at radius 2 is 1.86 bits per heavy atom. The molecule has 1 spiro atoms. The Morgan fingerprint density at radius 3 is 2.48 bits per heavy atom. The highest BCUT2D eigenvalue weighted by Crippen LogP contribution is 2.42. The third-order valence-corrected chi connectivity index (χ3v) is 6.20. The molecule has 4 nitrogen and oxygen atoms in total. The van der Waals surface area contributed by atoms with Crippen molar-refractivity contribution in [3.05, 3.63) is 0 Å². The fraction of sp³-hybridized carbons (Fsp3) is 1.00. The minimum absolute atomic E-state index is 0.0939. The molecule has 0 unspecified atom stereocenters. The predicted molar refractivity (Wildman–Crippen MR) is 84.3 cm³/mol. The molecule has 120 valence electrons. The molecule has 0 aromatic carbocycles. The van der Waals surface area contributed by atoms with Gasteiger partial charge < -0.3 is 5.11 Å². The van der Waals surface area contributed by atoms with Crippen molar-refractivity contribution in [2.45, 2.75) is 63.3 Å². The maximum Gasteiger partial charge on any atom is 0.0682 e. The Hall–Kier alpha value is -0.160. The molecule has 0 aromatic heterocycles. The highest BCUT2D eigenvalue weighted by Gasteiger charge is 2.57. The molecule has 4 aliphatic rings. The van der Waals surface area contributed by atoms with Crippen molar-refractivity contribution in [3.63, 3.8) is 0 Å². The standard InChI is InChI=1S/C17H31N3O/c1-13(2)7-18-8-15-6-16(21)9-20(15)17(10-18)11-19(12-17)14-4-3-5-14/h13-16,21H,3-12H2,1-2H3/t15-,16-/m1/s1. The molecule has 0 aromatic rings. The van der Waals surface area contributed by atoms with E-state index >= 15 is 0 Å². The van der Waals surface area contributed by atoms with E-state index in [0.29, 0.717) is 11.6 Å². The maximum absolute atomic E-state index is 10.1. The van der Waals surface area contributed by atoms with Crippen LogP contribution in [-0.2, 0) is 0 Å². The van der Waals surface area contributed by atoms with Gasteiger partial charge in [0.15, 0.2) is 0 Å². The molecule has 0 bridgehead atoms. The molecule has 21 heavy (non-hydrogen) atoms. The summed E-state index contributed by atoms with van der Waals surface area (Å²) < 4.78 is 0. The summed E-state index contributed by atoms with van der Waals surface area (Å²) in [6.07, 6.45) is 5.15. The van der Waals surface area contributed by atoms with Crippen LogP contribution in [0.4, 0.5) is 0 Å². The van der Waals surface area contributed by atoms with E-state index in [1.54, 1.807) is 0 Å². The molecule has 4 fully saturated rings. The van der Waals surface area contributed by atoms with E-state index in [2.05, 4.69) is 28.5 Å². The number of likely N-dealkylation sites (tertiary alicyclic amines) is 1. The maximum atomic E-state index is 10.1. The van der Waals surface area contributed by atoms with E-state index in [-0.39, 0.29) is 6.10 Å². The number of nitrogens with zero attached hydrogens (tertiary/aromatic N) is 3. The van der Waals surface area contributed by atoms with E-state index < -0.39 is 0 Å². The Balaban J connectivity index is 1.47. The second kappa shape index (κ2) is 5.19. The summed E-state index contributed by atoms with van der Waals surface area (Å²) in [4.78, 5) is 8.08. The lowest BCUT2D eigenvalue weighted by Crippen LogP contribution is -2.79. The number of aliphatic hydroxyl groups excluding tert-OH is 1. The average Bonchev–Trinajstić information content (AvgIpc) is 2.64. The summed E-state index contributed by atoms with van der Waals surface area (Å²) in [5.41, 5.74) is 0.352. The van der Waals surface area contributed by atoms with Crippen molar-refractivity contribution in [2.24, 2.45) is 5.92 Å². The van der Waals surface area contributed by atoms with Crippen LogP contribution in [0.2, 0.25) is 0 Å².